The smallest absolute Gasteiger partial charge is 0.358 e. The maximum Gasteiger partial charge on any atom is 0.390 e. The Bertz CT molecular complexity index is 748. The minimum atomic E-state index is -0.583. The fourth-order valence-corrected chi connectivity index (χ4v) is 2.54. The molecule has 0 spiro atoms. The van der Waals surface area contributed by atoms with Crippen LogP contribution in [0.4, 0.5) is 5.82 Å². The summed E-state index contributed by atoms with van der Waals surface area (Å²) in [6.07, 6.45) is 2.39. The highest BCUT2D eigenvalue weighted by Gasteiger charge is 2.26. The van der Waals surface area contributed by atoms with Gasteiger partial charge in [0.2, 0.25) is 5.91 Å². The van der Waals surface area contributed by atoms with Crippen LogP contribution in [0.3, 0.4) is 0 Å². The van der Waals surface area contributed by atoms with Crippen molar-refractivity contribution in [2.45, 2.75) is 53.2 Å². The van der Waals surface area contributed by atoms with E-state index in [9.17, 15) is 14.9 Å². The molecule has 0 aliphatic carbocycles. The highest BCUT2D eigenvalue weighted by Crippen LogP contribution is 2.19. The molecule has 0 aliphatic rings. The highest BCUT2D eigenvalue weighted by atomic mass is 16.6. The quantitative estimate of drug-likeness (QED) is 0.614. The number of aryl methyl sites for hydroxylation is 3. The van der Waals surface area contributed by atoms with E-state index in [1.54, 1.807) is 6.92 Å². The van der Waals surface area contributed by atoms with Crippen molar-refractivity contribution in [2.24, 2.45) is 0 Å². The lowest BCUT2D eigenvalue weighted by atomic mass is 10.2. The van der Waals surface area contributed by atoms with E-state index in [-0.39, 0.29) is 11.7 Å². The molecule has 1 N–H and O–H groups in total. The predicted molar refractivity (Wildman–Crippen MR) is 87.4 cm³/mol. The molecular weight excluding hydrogens is 312 g/mol. The molecule has 0 saturated heterocycles. The summed E-state index contributed by atoms with van der Waals surface area (Å²) in [4.78, 5) is 22.8. The first kappa shape index (κ1) is 17.6. The van der Waals surface area contributed by atoms with E-state index in [0.29, 0.717) is 18.7 Å². The van der Waals surface area contributed by atoms with E-state index in [1.807, 2.05) is 31.6 Å². The molecule has 0 radical (unpaired) electrons. The summed E-state index contributed by atoms with van der Waals surface area (Å²) in [6.45, 7) is 8.57. The van der Waals surface area contributed by atoms with E-state index < -0.39 is 11.0 Å². The van der Waals surface area contributed by atoms with Crippen LogP contribution in [0.1, 0.15) is 43.3 Å². The lowest BCUT2D eigenvalue weighted by Gasteiger charge is -2.14. The molecule has 0 aromatic carbocycles. The normalized spacial score (nSPS) is 12.2. The lowest BCUT2D eigenvalue weighted by molar-refractivity contribution is -0.389. The number of carbonyl (C=O) groups excluding carboxylic acids is 1. The lowest BCUT2D eigenvalue weighted by Crippen LogP contribution is -2.33. The molecule has 9 heteroatoms. The minimum absolute atomic E-state index is 0.220. The van der Waals surface area contributed by atoms with Gasteiger partial charge in [-0.2, -0.15) is 9.78 Å². The van der Waals surface area contributed by atoms with Crippen LogP contribution < -0.4 is 5.32 Å². The Hall–Kier alpha value is -2.71. The Morgan fingerprint density at radius 3 is 2.58 bits per heavy atom. The van der Waals surface area contributed by atoms with Crippen LogP contribution in [-0.2, 0) is 17.9 Å². The Morgan fingerprint density at radius 2 is 2.08 bits per heavy atom. The maximum absolute atomic E-state index is 12.5. The molecule has 2 rings (SSSR count). The summed E-state index contributed by atoms with van der Waals surface area (Å²) in [5.74, 6) is -0.471. The van der Waals surface area contributed by atoms with Gasteiger partial charge in [0.15, 0.2) is 6.04 Å². The monoisotopic (exact) mass is 334 g/mol. The number of carbonyl (C=O) groups is 1. The second-order valence-corrected chi connectivity index (χ2v) is 5.58. The molecule has 1 amide bonds. The average molecular weight is 334 g/mol. The standard InChI is InChI=1S/C15H22N6O3/c1-5-13(20-10(3)7-14(18-20)21(23)24)15(22)16-8-12-9-19(6-2)17-11(12)4/h7,9,13H,5-6,8H2,1-4H3,(H,16,22). The molecule has 1 unspecified atom stereocenters. The Labute approximate surface area is 139 Å². The summed E-state index contributed by atoms with van der Waals surface area (Å²) in [5.41, 5.74) is 2.40. The summed E-state index contributed by atoms with van der Waals surface area (Å²) in [5, 5.41) is 22.0. The first-order valence-electron chi connectivity index (χ1n) is 7.88. The topological polar surface area (TPSA) is 108 Å². The van der Waals surface area contributed by atoms with Crippen LogP contribution >= 0.6 is 0 Å². The second kappa shape index (κ2) is 7.24. The van der Waals surface area contributed by atoms with Gasteiger partial charge in [-0.3, -0.25) is 9.48 Å². The summed E-state index contributed by atoms with van der Waals surface area (Å²) < 4.78 is 3.23. The van der Waals surface area contributed by atoms with Crippen molar-refractivity contribution < 1.29 is 9.72 Å². The van der Waals surface area contributed by atoms with Crippen molar-refractivity contribution in [1.82, 2.24) is 24.9 Å². The number of nitro groups is 1. The predicted octanol–water partition coefficient (Wildman–Crippen LogP) is 1.89. The maximum atomic E-state index is 12.5. The molecule has 2 aromatic heterocycles. The van der Waals surface area contributed by atoms with Crippen molar-refractivity contribution >= 4 is 11.7 Å². The molecule has 130 valence electrons. The van der Waals surface area contributed by atoms with Crippen LogP contribution in [0.5, 0.6) is 0 Å². The highest BCUT2D eigenvalue weighted by molar-refractivity contribution is 5.80. The molecule has 24 heavy (non-hydrogen) atoms. The van der Waals surface area contributed by atoms with Gasteiger partial charge in [-0.1, -0.05) is 6.92 Å². The number of rotatable bonds is 7. The number of amides is 1. The molecular formula is C15H22N6O3. The molecule has 0 fully saturated rings. The second-order valence-electron chi connectivity index (χ2n) is 5.58. The van der Waals surface area contributed by atoms with Gasteiger partial charge in [0.05, 0.1) is 22.6 Å². The Balaban J connectivity index is 2.11. The summed E-state index contributed by atoms with van der Waals surface area (Å²) >= 11 is 0. The number of nitrogens with zero attached hydrogens (tertiary/aromatic N) is 5. The van der Waals surface area contributed by atoms with Gasteiger partial charge in [0, 0.05) is 24.8 Å². The largest absolute Gasteiger partial charge is 0.390 e. The zero-order valence-electron chi connectivity index (χ0n) is 14.3. The number of nitrogens with one attached hydrogen (secondary N) is 1. The molecule has 2 aromatic rings. The van der Waals surface area contributed by atoms with Crippen LogP contribution in [0, 0.1) is 24.0 Å². The van der Waals surface area contributed by atoms with Crippen LogP contribution in [-0.4, -0.2) is 30.4 Å². The van der Waals surface area contributed by atoms with Crippen LogP contribution in [0.15, 0.2) is 12.3 Å². The third-order valence-electron chi connectivity index (χ3n) is 3.91. The SMILES string of the molecule is CCC(C(=O)NCc1cn(CC)nc1C)n1nc([N+](=O)[O-])cc1C. The Kier molecular flexibility index (Phi) is 5.32. The average Bonchev–Trinajstić information content (AvgIpc) is 3.09. The first-order valence-corrected chi connectivity index (χ1v) is 7.88. The number of hydrogen-bond acceptors (Lipinski definition) is 5. The van der Waals surface area contributed by atoms with Gasteiger partial charge in [-0.25, -0.2) is 0 Å². The third-order valence-corrected chi connectivity index (χ3v) is 3.91. The molecule has 0 saturated carbocycles. The first-order chi connectivity index (χ1) is 11.4. The van der Waals surface area contributed by atoms with Gasteiger partial charge < -0.3 is 15.4 Å². The molecule has 0 aliphatic heterocycles. The van der Waals surface area contributed by atoms with E-state index in [4.69, 9.17) is 0 Å². The molecule has 0 bridgehead atoms. The van der Waals surface area contributed by atoms with Crippen molar-refractivity contribution in [2.75, 3.05) is 0 Å². The zero-order valence-corrected chi connectivity index (χ0v) is 14.3. The van der Waals surface area contributed by atoms with Crippen LogP contribution in [0.2, 0.25) is 0 Å². The Morgan fingerprint density at radius 1 is 1.38 bits per heavy atom. The van der Waals surface area contributed by atoms with Crippen molar-refractivity contribution in [3.63, 3.8) is 0 Å². The van der Waals surface area contributed by atoms with Gasteiger partial charge in [-0.05, 0) is 32.1 Å². The van der Waals surface area contributed by atoms with Gasteiger partial charge in [-0.15, -0.1) is 0 Å². The summed E-state index contributed by atoms with van der Waals surface area (Å²) in [7, 11) is 0. The number of hydrogen-bond donors (Lipinski definition) is 1. The van der Waals surface area contributed by atoms with Crippen LogP contribution in [0.25, 0.3) is 0 Å². The molecule has 9 nitrogen and oxygen atoms in total. The van der Waals surface area contributed by atoms with E-state index in [0.717, 1.165) is 17.8 Å². The summed E-state index contributed by atoms with van der Waals surface area (Å²) in [6, 6.07) is 0.783. The third kappa shape index (κ3) is 3.61. The van der Waals surface area contributed by atoms with E-state index >= 15 is 0 Å². The van der Waals surface area contributed by atoms with Gasteiger partial charge in [0.25, 0.3) is 0 Å². The molecule has 1 atom stereocenters. The van der Waals surface area contributed by atoms with E-state index in [2.05, 4.69) is 15.5 Å². The fraction of sp³-hybridized carbons (Fsp3) is 0.533. The van der Waals surface area contributed by atoms with E-state index in [1.165, 1.54) is 10.7 Å². The van der Waals surface area contributed by atoms with Gasteiger partial charge >= 0.3 is 5.82 Å². The van der Waals surface area contributed by atoms with Gasteiger partial charge in [0.1, 0.15) is 0 Å². The van der Waals surface area contributed by atoms with Crippen molar-refractivity contribution in [3.8, 4) is 0 Å². The zero-order chi connectivity index (χ0) is 17.9. The minimum Gasteiger partial charge on any atom is -0.358 e. The van der Waals surface area contributed by atoms with Crippen molar-refractivity contribution in [3.05, 3.63) is 39.3 Å². The molecule has 2 heterocycles. The van der Waals surface area contributed by atoms with Crippen molar-refractivity contribution in [1.29, 1.82) is 0 Å². The fourth-order valence-electron chi connectivity index (χ4n) is 2.54. The number of aromatic nitrogens is 4.